The van der Waals surface area contributed by atoms with Crippen molar-refractivity contribution in [3.05, 3.63) is 193 Å². The molecule has 1 aliphatic carbocycles. The summed E-state index contributed by atoms with van der Waals surface area (Å²) in [4.78, 5) is 2.53. The summed E-state index contributed by atoms with van der Waals surface area (Å²) in [7, 11) is 0. The highest BCUT2D eigenvalue weighted by molar-refractivity contribution is 6.04. The van der Waals surface area contributed by atoms with Crippen LogP contribution in [0, 0.1) is 0 Å². The fraction of sp³-hybridized carbons (Fsp3) is 0.143. The lowest BCUT2D eigenvalue weighted by Crippen LogP contribution is -2.24. The van der Waals surface area contributed by atoms with Crippen LogP contribution in [0.2, 0.25) is 0 Å². The Balaban J connectivity index is 1.38. The fourth-order valence-corrected chi connectivity index (χ4v) is 8.14. The van der Waals surface area contributed by atoms with E-state index in [4.69, 9.17) is 4.42 Å². The van der Waals surface area contributed by atoms with Crippen LogP contribution in [0.4, 0.5) is 11.4 Å². The number of anilines is 2. The molecule has 8 rings (SSSR count). The van der Waals surface area contributed by atoms with E-state index >= 15 is 0 Å². The minimum atomic E-state index is -0.202. The zero-order chi connectivity index (χ0) is 35.0. The first-order valence-electron chi connectivity index (χ1n) is 18.0. The molecular weight excluding hydrogens is 619 g/mol. The molecule has 1 atom stereocenters. The molecule has 0 aliphatic heterocycles. The third-order valence-corrected chi connectivity index (χ3v) is 10.5. The second kappa shape index (κ2) is 13.5. The van der Waals surface area contributed by atoms with Crippen LogP contribution in [0.15, 0.2) is 181 Å². The van der Waals surface area contributed by atoms with Crippen LogP contribution in [-0.4, -0.2) is 0 Å². The number of furan rings is 1. The largest absolute Gasteiger partial charge is 0.460 e. The molecule has 1 aliphatic rings. The molecule has 6 aromatic carbocycles. The Morgan fingerprint density at radius 3 is 2.20 bits per heavy atom. The van der Waals surface area contributed by atoms with Gasteiger partial charge in [0.2, 0.25) is 0 Å². The summed E-state index contributed by atoms with van der Waals surface area (Å²) in [5.74, 6) is 0.918. The summed E-state index contributed by atoms with van der Waals surface area (Å²) in [6.45, 7) is 13.1. The maximum Gasteiger partial charge on any atom is 0.142 e. The Labute approximate surface area is 301 Å². The molecule has 250 valence electrons. The Morgan fingerprint density at radius 2 is 1.37 bits per heavy atom. The van der Waals surface area contributed by atoms with Gasteiger partial charge in [0.1, 0.15) is 11.3 Å². The normalized spacial score (nSPS) is 13.9. The quantitative estimate of drug-likeness (QED) is 0.128. The molecule has 0 saturated heterocycles. The van der Waals surface area contributed by atoms with E-state index in [9.17, 15) is 0 Å². The van der Waals surface area contributed by atoms with Crippen LogP contribution < -0.4 is 4.90 Å². The van der Waals surface area contributed by atoms with Gasteiger partial charge in [0, 0.05) is 33.4 Å². The van der Waals surface area contributed by atoms with Crippen molar-refractivity contribution < 1.29 is 4.42 Å². The Kier molecular flexibility index (Phi) is 8.53. The van der Waals surface area contributed by atoms with Crippen molar-refractivity contribution in [2.45, 2.75) is 44.4 Å². The van der Waals surface area contributed by atoms with Crippen LogP contribution in [-0.2, 0) is 5.41 Å². The summed E-state index contributed by atoms with van der Waals surface area (Å²) in [6.07, 6.45) is 8.86. The SMILES string of the molecule is C=CCC/C(=C/C(CC=C)c1cc2ccc3ccccc3c2o1)N(c1ccccc1-c1ccccc1)c1cccc2c1C(C)(C)c1ccccc1-2. The molecular formula is C49H43NO. The number of hydrogen-bond donors (Lipinski definition) is 0. The van der Waals surface area contributed by atoms with Gasteiger partial charge in [-0.15, -0.1) is 13.2 Å². The zero-order valence-corrected chi connectivity index (χ0v) is 29.5. The Hall–Kier alpha value is -5.86. The van der Waals surface area contributed by atoms with Crippen LogP contribution in [0.1, 0.15) is 55.9 Å². The first kappa shape index (κ1) is 32.4. The van der Waals surface area contributed by atoms with Gasteiger partial charge in [-0.2, -0.15) is 0 Å². The topological polar surface area (TPSA) is 16.4 Å². The predicted octanol–water partition coefficient (Wildman–Crippen LogP) is 13.9. The Bertz CT molecular complexity index is 2420. The van der Waals surface area contributed by atoms with Crippen molar-refractivity contribution in [3.8, 4) is 22.3 Å². The maximum atomic E-state index is 6.80. The highest BCUT2D eigenvalue weighted by Crippen LogP contribution is 2.54. The highest BCUT2D eigenvalue weighted by atomic mass is 16.3. The molecule has 7 aromatic rings. The van der Waals surface area contributed by atoms with Crippen molar-refractivity contribution in [1.82, 2.24) is 0 Å². The molecule has 2 nitrogen and oxygen atoms in total. The average molecular weight is 662 g/mol. The first-order valence-corrected chi connectivity index (χ1v) is 18.0. The van der Waals surface area contributed by atoms with E-state index in [1.165, 1.54) is 50.2 Å². The summed E-state index contributed by atoms with van der Waals surface area (Å²) < 4.78 is 6.80. The van der Waals surface area contributed by atoms with Gasteiger partial charge in [0.15, 0.2) is 0 Å². The van der Waals surface area contributed by atoms with E-state index in [2.05, 4.69) is 178 Å². The molecule has 51 heavy (non-hydrogen) atoms. The van der Waals surface area contributed by atoms with Crippen LogP contribution in [0.5, 0.6) is 0 Å². The van der Waals surface area contributed by atoms with E-state index in [0.717, 1.165) is 47.1 Å². The summed E-state index contributed by atoms with van der Waals surface area (Å²) >= 11 is 0. The predicted molar refractivity (Wildman–Crippen MR) is 217 cm³/mol. The zero-order valence-electron chi connectivity index (χ0n) is 29.5. The van der Waals surface area contributed by atoms with Gasteiger partial charge in [-0.3, -0.25) is 0 Å². The number of fused-ring (bicyclic) bond motifs is 6. The molecule has 0 fully saturated rings. The third kappa shape index (κ3) is 5.71. The van der Waals surface area contributed by atoms with Crippen molar-refractivity contribution in [2.75, 3.05) is 4.90 Å². The first-order chi connectivity index (χ1) is 25.0. The average Bonchev–Trinajstić information content (AvgIpc) is 3.71. The molecule has 0 spiro atoms. The van der Waals surface area contributed by atoms with Crippen LogP contribution >= 0.6 is 0 Å². The smallest absolute Gasteiger partial charge is 0.142 e. The number of hydrogen-bond acceptors (Lipinski definition) is 2. The lowest BCUT2D eigenvalue weighted by atomic mass is 9.81. The van der Waals surface area contributed by atoms with E-state index in [-0.39, 0.29) is 11.3 Å². The number of nitrogens with zero attached hydrogens (tertiary/aromatic N) is 1. The van der Waals surface area contributed by atoms with Gasteiger partial charge in [0.25, 0.3) is 0 Å². The molecule has 1 aromatic heterocycles. The molecule has 0 amide bonds. The number of rotatable bonds is 11. The van der Waals surface area contributed by atoms with E-state index in [0.29, 0.717) is 0 Å². The van der Waals surface area contributed by atoms with Crippen LogP contribution in [0.25, 0.3) is 44.0 Å². The van der Waals surface area contributed by atoms with E-state index in [1.807, 2.05) is 12.2 Å². The summed E-state index contributed by atoms with van der Waals surface area (Å²) in [6, 6.07) is 50.3. The number of allylic oxidation sites excluding steroid dienone is 4. The molecule has 2 heteroatoms. The fourth-order valence-electron chi connectivity index (χ4n) is 8.14. The molecule has 0 saturated carbocycles. The van der Waals surface area contributed by atoms with Gasteiger partial charge in [-0.25, -0.2) is 0 Å². The van der Waals surface area contributed by atoms with Gasteiger partial charge in [0.05, 0.1) is 11.4 Å². The van der Waals surface area contributed by atoms with Crippen LogP contribution in [0.3, 0.4) is 0 Å². The second-order valence-electron chi connectivity index (χ2n) is 14.1. The maximum absolute atomic E-state index is 6.80. The Morgan fingerprint density at radius 1 is 0.686 bits per heavy atom. The van der Waals surface area contributed by atoms with Gasteiger partial charge in [-0.1, -0.05) is 153 Å². The van der Waals surface area contributed by atoms with Crippen molar-refractivity contribution in [2.24, 2.45) is 0 Å². The third-order valence-electron chi connectivity index (χ3n) is 10.5. The summed E-state index contributed by atoms with van der Waals surface area (Å²) in [5, 5.41) is 3.43. The van der Waals surface area contributed by atoms with Crippen molar-refractivity contribution in [3.63, 3.8) is 0 Å². The molecule has 0 radical (unpaired) electrons. The minimum Gasteiger partial charge on any atom is -0.460 e. The number of para-hydroxylation sites is 1. The second-order valence-corrected chi connectivity index (χ2v) is 14.1. The molecule has 1 heterocycles. The highest BCUT2D eigenvalue weighted by Gasteiger charge is 2.39. The van der Waals surface area contributed by atoms with Crippen molar-refractivity contribution >= 4 is 33.1 Å². The summed E-state index contributed by atoms with van der Waals surface area (Å²) in [5.41, 5.74) is 12.0. The number of benzene rings is 6. The van der Waals surface area contributed by atoms with Gasteiger partial charge in [-0.05, 0) is 70.7 Å². The van der Waals surface area contributed by atoms with Gasteiger partial charge >= 0.3 is 0 Å². The molecule has 0 N–H and O–H groups in total. The lowest BCUT2D eigenvalue weighted by Gasteiger charge is -2.35. The monoisotopic (exact) mass is 661 g/mol. The minimum absolute atomic E-state index is 0.0261. The lowest BCUT2D eigenvalue weighted by molar-refractivity contribution is 0.526. The standard InChI is InChI=1S/C49H43NO/c1-5-7-22-38(32-36(18-6-2)46-33-37-31-30-35-21-11-12-24-40(35)48(37)51-46)50(44-28-16-14-23-39(44)34-19-9-8-10-20-34)45-29-17-26-42-41-25-13-15-27-43(41)49(3,4)47(42)45/h5-6,8-17,19-21,23-33,36H,1-2,7,18,22H2,3-4H3/b38-32-. The van der Waals surface area contributed by atoms with E-state index < -0.39 is 0 Å². The van der Waals surface area contributed by atoms with E-state index in [1.54, 1.807) is 0 Å². The van der Waals surface area contributed by atoms with Crippen molar-refractivity contribution in [1.29, 1.82) is 0 Å². The van der Waals surface area contributed by atoms with Gasteiger partial charge < -0.3 is 9.32 Å². The molecule has 0 bridgehead atoms. The molecule has 1 unspecified atom stereocenters.